The average Bonchev–Trinajstić information content (AvgIpc) is 2.32. The van der Waals surface area contributed by atoms with Gasteiger partial charge in [-0.15, -0.1) is 0 Å². The Morgan fingerprint density at radius 2 is 2.35 bits per heavy atom. The van der Waals surface area contributed by atoms with E-state index in [0.717, 1.165) is 6.34 Å². The first-order valence-electron chi connectivity index (χ1n) is 4.93. The zero-order valence-electron chi connectivity index (χ0n) is 9.64. The summed E-state index contributed by atoms with van der Waals surface area (Å²) in [6.45, 7) is 1.74. The molecule has 17 heavy (non-hydrogen) atoms. The van der Waals surface area contributed by atoms with Gasteiger partial charge in [-0.3, -0.25) is 15.4 Å². The van der Waals surface area contributed by atoms with E-state index in [1.807, 2.05) is 0 Å². The molecule has 0 unspecified atom stereocenters. The number of aryl methyl sites for hydroxylation is 1. The minimum Gasteiger partial charge on any atom is -0.478 e. The molecule has 90 valence electrons. The van der Waals surface area contributed by atoms with E-state index >= 15 is 0 Å². The Bertz CT molecular complexity index is 457. The quantitative estimate of drug-likeness (QED) is 0.304. The number of carboxylic acids is 1. The number of aromatic nitrogens is 1. The van der Waals surface area contributed by atoms with Gasteiger partial charge in [0.1, 0.15) is 6.34 Å². The van der Waals surface area contributed by atoms with Crippen LogP contribution in [0.5, 0.6) is 0 Å². The van der Waals surface area contributed by atoms with Gasteiger partial charge in [0.25, 0.3) is 0 Å². The Hall–Kier alpha value is -2.21. The second-order valence-electron chi connectivity index (χ2n) is 3.24. The molecule has 1 heterocycles. The first kappa shape index (κ1) is 12.9. The van der Waals surface area contributed by atoms with Gasteiger partial charge in [0.15, 0.2) is 0 Å². The molecule has 0 aromatic carbocycles. The van der Waals surface area contributed by atoms with Crippen molar-refractivity contribution in [1.82, 2.24) is 15.4 Å². The molecule has 0 saturated carbocycles. The summed E-state index contributed by atoms with van der Waals surface area (Å²) in [5, 5.41) is 17.5. The third-order valence-corrected chi connectivity index (χ3v) is 2.19. The van der Waals surface area contributed by atoms with E-state index in [9.17, 15) is 4.79 Å². The molecule has 0 aliphatic rings. The second kappa shape index (κ2) is 5.76. The highest BCUT2D eigenvalue weighted by Crippen LogP contribution is 2.17. The van der Waals surface area contributed by atoms with Gasteiger partial charge in [-0.2, -0.15) is 0 Å². The summed E-state index contributed by atoms with van der Waals surface area (Å²) in [6, 6.07) is 3.35. The number of hydrogen-bond acceptors (Lipinski definition) is 4. The van der Waals surface area contributed by atoms with Crippen LogP contribution in [0, 0.1) is 12.3 Å². The second-order valence-corrected chi connectivity index (χ2v) is 3.24. The number of aliphatic carboxylic acids is 1. The van der Waals surface area contributed by atoms with Crippen LogP contribution in [0.15, 0.2) is 24.5 Å². The predicted molar refractivity (Wildman–Crippen MR) is 64.3 cm³/mol. The summed E-state index contributed by atoms with van der Waals surface area (Å²) in [4.78, 5) is 15.2. The van der Waals surface area contributed by atoms with Crippen molar-refractivity contribution in [2.75, 3.05) is 7.05 Å². The van der Waals surface area contributed by atoms with Gasteiger partial charge in [-0.1, -0.05) is 6.07 Å². The van der Waals surface area contributed by atoms with Gasteiger partial charge in [0, 0.05) is 30.7 Å². The lowest BCUT2D eigenvalue weighted by atomic mass is 10.1. The van der Waals surface area contributed by atoms with E-state index in [-0.39, 0.29) is 5.57 Å². The van der Waals surface area contributed by atoms with Gasteiger partial charge in [0.05, 0.1) is 5.57 Å². The van der Waals surface area contributed by atoms with Crippen LogP contribution in [0.3, 0.4) is 0 Å². The number of nitrogens with one attached hydrogen (secondary N) is 2. The van der Waals surface area contributed by atoms with Crippen LogP contribution >= 0.6 is 0 Å². The highest BCUT2D eigenvalue weighted by molar-refractivity contribution is 6.15. The molecule has 0 aliphatic heterocycles. The van der Waals surface area contributed by atoms with Crippen LogP contribution in [0.25, 0.3) is 5.57 Å². The summed E-state index contributed by atoms with van der Waals surface area (Å²) in [6.07, 6.45) is 3.92. The van der Waals surface area contributed by atoms with Crippen LogP contribution in [-0.4, -0.2) is 34.5 Å². The van der Waals surface area contributed by atoms with Crippen molar-refractivity contribution in [2.24, 2.45) is 0 Å². The van der Waals surface area contributed by atoms with Gasteiger partial charge in [0.2, 0.25) is 0 Å². The fraction of sp³-hybridized carbons (Fsp3) is 0.182. The maximum absolute atomic E-state index is 11.2. The van der Waals surface area contributed by atoms with Crippen molar-refractivity contribution in [3.8, 4) is 0 Å². The van der Waals surface area contributed by atoms with Crippen molar-refractivity contribution in [3.63, 3.8) is 0 Å². The summed E-state index contributed by atoms with van der Waals surface area (Å²) in [5.74, 6) is -1.07. The van der Waals surface area contributed by atoms with Crippen LogP contribution in [0.2, 0.25) is 0 Å². The molecule has 6 heteroatoms. The molecule has 0 atom stereocenters. The minimum atomic E-state index is -1.07. The van der Waals surface area contributed by atoms with E-state index < -0.39 is 5.97 Å². The smallest absolute Gasteiger partial charge is 0.337 e. The highest BCUT2D eigenvalue weighted by Gasteiger charge is 2.14. The number of hydrazine groups is 1. The molecule has 0 amide bonds. The predicted octanol–water partition coefficient (Wildman–Crippen LogP) is 0.859. The molecule has 0 radical (unpaired) electrons. The Morgan fingerprint density at radius 1 is 1.65 bits per heavy atom. The van der Waals surface area contributed by atoms with Gasteiger partial charge >= 0.3 is 5.97 Å². The summed E-state index contributed by atoms with van der Waals surface area (Å²) < 4.78 is 0. The Labute approximate surface area is 99.1 Å². The van der Waals surface area contributed by atoms with E-state index in [2.05, 4.69) is 10.4 Å². The lowest BCUT2D eigenvalue weighted by Gasteiger charge is -2.14. The van der Waals surface area contributed by atoms with Gasteiger partial charge < -0.3 is 5.11 Å². The zero-order chi connectivity index (χ0) is 12.8. The van der Waals surface area contributed by atoms with Crippen LogP contribution < -0.4 is 5.43 Å². The van der Waals surface area contributed by atoms with Gasteiger partial charge in [-0.25, -0.2) is 10.2 Å². The van der Waals surface area contributed by atoms with Gasteiger partial charge in [-0.05, 0) is 13.0 Å². The molecular weight excluding hydrogens is 220 g/mol. The van der Waals surface area contributed by atoms with Crippen LogP contribution in [0.4, 0.5) is 0 Å². The highest BCUT2D eigenvalue weighted by atomic mass is 16.4. The lowest BCUT2D eigenvalue weighted by Crippen LogP contribution is -2.28. The maximum atomic E-state index is 11.2. The average molecular weight is 234 g/mol. The molecule has 0 aliphatic carbocycles. The fourth-order valence-electron chi connectivity index (χ4n) is 1.31. The SMILES string of the molecule is CNN(C=N)/C=C(/C(=O)O)c1cccnc1C. The molecule has 0 spiro atoms. The summed E-state index contributed by atoms with van der Waals surface area (Å²) in [7, 11) is 1.59. The van der Waals surface area contributed by atoms with E-state index in [4.69, 9.17) is 10.5 Å². The molecule has 0 bridgehead atoms. The zero-order valence-corrected chi connectivity index (χ0v) is 9.64. The summed E-state index contributed by atoms with van der Waals surface area (Å²) in [5.41, 5.74) is 3.89. The van der Waals surface area contributed by atoms with Crippen molar-refractivity contribution in [3.05, 3.63) is 35.8 Å². The number of rotatable bonds is 5. The Balaban J connectivity index is 3.23. The standard InChI is InChI=1S/C11H14N4O2/c1-8-9(4-3-5-14-8)10(11(16)17)6-15(7-12)13-2/h3-7,12-13H,1-2H3,(H,16,17)/b10-6+,12-7?. The number of nitrogens with zero attached hydrogens (tertiary/aromatic N) is 2. The van der Waals surface area contributed by atoms with E-state index in [1.54, 1.807) is 32.3 Å². The molecule has 1 aromatic rings. The fourth-order valence-corrected chi connectivity index (χ4v) is 1.31. The largest absolute Gasteiger partial charge is 0.478 e. The first-order chi connectivity index (χ1) is 8.10. The monoisotopic (exact) mass is 234 g/mol. The summed E-state index contributed by atoms with van der Waals surface area (Å²) >= 11 is 0. The number of pyridine rings is 1. The molecule has 0 fully saturated rings. The number of hydrogen-bond donors (Lipinski definition) is 3. The number of carboxylic acid groups (broad SMARTS) is 1. The third kappa shape index (κ3) is 3.12. The van der Waals surface area contributed by atoms with Crippen molar-refractivity contribution < 1.29 is 9.90 Å². The number of carbonyl (C=O) groups is 1. The third-order valence-electron chi connectivity index (χ3n) is 2.19. The molecular formula is C11H14N4O2. The molecule has 1 aromatic heterocycles. The van der Waals surface area contributed by atoms with Crippen molar-refractivity contribution in [2.45, 2.75) is 6.92 Å². The van der Waals surface area contributed by atoms with E-state index in [0.29, 0.717) is 11.3 Å². The normalized spacial score (nSPS) is 11.1. The van der Waals surface area contributed by atoms with E-state index in [1.165, 1.54) is 11.2 Å². The minimum absolute atomic E-state index is 0.0773. The Kier molecular flexibility index (Phi) is 4.36. The topological polar surface area (TPSA) is 89.3 Å². The van der Waals surface area contributed by atoms with Crippen LogP contribution in [0.1, 0.15) is 11.3 Å². The molecule has 3 N–H and O–H groups in total. The van der Waals surface area contributed by atoms with Crippen molar-refractivity contribution in [1.29, 1.82) is 5.41 Å². The van der Waals surface area contributed by atoms with Crippen molar-refractivity contribution >= 4 is 17.9 Å². The molecule has 1 rings (SSSR count). The molecule has 6 nitrogen and oxygen atoms in total. The molecule has 0 saturated heterocycles. The Morgan fingerprint density at radius 3 is 2.82 bits per heavy atom. The van der Waals surface area contributed by atoms with Crippen LogP contribution in [-0.2, 0) is 4.79 Å². The maximum Gasteiger partial charge on any atom is 0.337 e. The lowest BCUT2D eigenvalue weighted by molar-refractivity contribution is -0.130. The first-order valence-corrected chi connectivity index (χ1v) is 4.93.